The van der Waals surface area contributed by atoms with Gasteiger partial charge in [0.15, 0.2) is 11.5 Å². The van der Waals surface area contributed by atoms with E-state index >= 15 is 0 Å². The maximum Gasteiger partial charge on any atom is 0.252 e. The third kappa shape index (κ3) is 3.82. The van der Waals surface area contributed by atoms with E-state index in [4.69, 9.17) is 9.47 Å². The number of nitrogens with one attached hydrogen (secondary N) is 1. The molecule has 3 aromatic rings. The molecule has 0 unspecified atom stereocenters. The van der Waals surface area contributed by atoms with Crippen LogP contribution in [0, 0.1) is 3.57 Å². The van der Waals surface area contributed by atoms with Crippen molar-refractivity contribution < 1.29 is 14.3 Å². The van der Waals surface area contributed by atoms with Crippen molar-refractivity contribution in [1.82, 2.24) is 15.1 Å². The predicted octanol–water partition coefficient (Wildman–Crippen LogP) is 3.42. The molecule has 0 aliphatic heterocycles. The molecule has 0 saturated heterocycles. The average Bonchev–Trinajstić information content (AvgIpc) is 3.20. The fraction of sp³-hybridized carbons (Fsp3) is 0.158. The second-order valence-electron chi connectivity index (χ2n) is 5.45. The first kappa shape index (κ1) is 18.2. The van der Waals surface area contributed by atoms with Crippen molar-refractivity contribution in [2.75, 3.05) is 14.2 Å². The van der Waals surface area contributed by atoms with Crippen LogP contribution in [0.5, 0.6) is 11.5 Å². The lowest BCUT2D eigenvalue weighted by Crippen LogP contribution is -2.24. The van der Waals surface area contributed by atoms with E-state index in [1.807, 2.05) is 36.5 Å². The highest BCUT2D eigenvalue weighted by Crippen LogP contribution is 2.31. The van der Waals surface area contributed by atoms with Gasteiger partial charge in [0.2, 0.25) is 0 Å². The number of hydrogen-bond donors (Lipinski definition) is 1. The molecule has 2 aromatic carbocycles. The third-order valence-corrected chi connectivity index (χ3v) is 4.79. The van der Waals surface area contributed by atoms with Gasteiger partial charge in [0.05, 0.1) is 25.5 Å². The van der Waals surface area contributed by atoms with Crippen molar-refractivity contribution in [3.8, 4) is 17.2 Å². The van der Waals surface area contributed by atoms with Gasteiger partial charge in [0.1, 0.15) is 0 Å². The topological polar surface area (TPSA) is 65.4 Å². The molecule has 0 aliphatic rings. The Kier molecular flexibility index (Phi) is 5.77. The number of ether oxygens (including phenoxy) is 2. The molecular weight excluding hydrogens is 445 g/mol. The fourth-order valence-corrected chi connectivity index (χ4v) is 3.28. The lowest BCUT2D eigenvalue weighted by molar-refractivity contribution is 0.0949. The van der Waals surface area contributed by atoms with Gasteiger partial charge in [-0.05, 0) is 52.4 Å². The molecule has 7 heteroatoms. The van der Waals surface area contributed by atoms with E-state index < -0.39 is 0 Å². The molecule has 0 radical (unpaired) electrons. The summed E-state index contributed by atoms with van der Waals surface area (Å²) in [6.45, 7) is 0.388. The van der Waals surface area contributed by atoms with Crippen molar-refractivity contribution in [3.63, 3.8) is 0 Å². The van der Waals surface area contributed by atoms with Crippen molar-refractivity contribution in [2.45, 2.75) is 6.54 Å². The Bertz CT molecular complexity index is 910. The van der Waals surface area contributed by atoms with E-state index in [0.29, 0.717) is 23.6 Å². The molecule has 1 aromatic heterocycles. The summed E-state index contributed by atoms with van der Waals surface area (Å²) >= 11 is 2.12. The molecule has 1 amide bonds. The van der Waals surface area contributed by atoms with Crippen molar-refractivity contribution in [1.29, 1.82) is 0 Å². The SMILES string of the molecule is COc1cc(I)c(C(=O)NCc2ccccc2-n2cccn2)cc1OC. The maximum atomic E-state index is 12.7. The molecule has 0 saturated carbocycles. The van der Waals surface area contributed by atoms with Crippen LogP contribution in [0.2, 0.25) is 0 Å². The van der Waals surface area contributed by atoms with E-state index in [1.54, 1.807) is 37.2 Å². The molecule has 0 aliphatic carbocycles. The van der Waals surface area contributed by atoms with Crippen LogP contribution in [0.3, 0.4) is 0 Å². The summed E-state index contributed by atoms with van der Waals surface area (Å²) in [6, 6.07) is 13.2. The molecule has 3 rings (SSSR count). The smallest absolute Gasteiger partial charge is 0.252 e. The highest BCUT2D eigenvalue weighted by molar-refractivity contribution is 14.1. The molecule has 1 heterocycles. The Labute approximate surface area is 165 Å². The number of para-hydroxylation sites is 1. The monoisotopic (exact) mass is 463 g/mol. The van der Waals surface area contributed by atoms with Gasteiger partial charge in [-0.1, -0.05) is 18.2 Å². The Hall–Kier alpha value is -2.55. The lowest BCUT2D eigenvalue weighted by Gasteiger charge is -2.13. The van der Waals surface area contributed by atoms with Gasteiger partial charge in [-0.15, -0.1) is 0 Å². The third-order valence-electron chi connectivity index (χ3n) is 3.90. The number of benzene rings is 2. The average molecular weight is 463 g/mol. The van der Waals surface area contributed by atoms with Gasteiger partial charge < -0.3 is 14.8 Å². The number of hydrogen-bond acceptors (Lipinski definition) is 4. The predicted molar refractivity (Wildman–Crippen MR) is 107 cm³/mol. The number of methoxy groups -OCH3 is 2. The molecular formula is C19H18IN3O3. The molecule has 0 atom stereocenters. The van der Waals surface area contributed by atoms with Crippen LogP contribution in [0.4, 0.5) is 0 Å². The summed E-state index contributed by atoms with van der Waals surface area (Å²) < 4.78 is 13.1. The Balaban J connectivity index is 1.80. The van der Waals surface area contributed by atoms with Crippen molar-refractivity contribution in [2.24, 2.45) is 0 Å². The molecule has 0 fully saturated rings. The van der Waals surface area contributed by atoms with Crippen LogP contribution in [0.1, 0.15) is 15.9 Å². The molecule has 26 heavy (non-hydrogen) atoms. The number of carbonyl (C=O) groups is 1. The molecule has 0 bridgehead atoms. The van der Waals surface area contributed by atoms with Crippen LogP contribution >= 0.6 is 22.6 Å². The Morgan fingerprint density at radius 1 is 1.15 bits per heavy atom. The normalized spacial score (nSPS) is 10.4. The number of carbonyl (C=O) groups excluding carboxylic acids is 1. The number of halogens is 1. The van der Waals surface area contributed by atoms with Gasteiger partial charge in [0, 0.05) is 22.5 Å². The summed E-state index contributed by atoms with van der Waals surface area (Å²) in [6.07, 6.45) is 3.60. The van der Waals surface area contributed by atoms with Crippen LogP contribution in [0.15, 0.2) is 54.9 Å². The maximum absolute atomic E-state index is 12.7. The highest BCUT2D eigenvalue weighted by Gasteiger charge is 2.16. The standard InChI is InChI=1S/C19H18IN3O3/c1-25-17-10-14(15(20)11-18(17)26-2)19(24)21-12-13-6-3-4-7-16(13)23-9-5-8-22-23/h3-11H,12H2,1-2H3,(H,21,24). The quantitative estimate of drug-likeness (QED) is 0.570. The van der Waals surface area contributed by atoms with Gasteiger partial charge in [-0.2, -0.15) is 5.10 Å². The van der Waals surface area contributed by atoms with Crippen LogP contribution < -0.4 is 14.8 Å². The number of nitrogens with zero attached hydrogens (tertiary/aromatic N) is 2. The van der Waals surface area contributed by atoms with E-state index in [2.05, 4.69) is 33.0 Å². The molecule has 6 nitrogen and oxygen atoms in total. The lowest BCUT2D eigenvalue weighted by atomic mass is 10.1. The first-order valence-corrected chi connectivity index (χ1v) is 8.99. The minimum absolute atomic E-state index is 0.175. The molecule has 0 spiro atoms. The molecule has 134 valence electrons. The second-order valence-corrected chi connectivity index (χ2v) is 6.61. The van der Waals surface area contributed by atoms with Crippen LogP contribution in [0.25, 0.3) is 5.69 Å². The Morgan fingerprint density at radius 3 is 2.58 bits per heavy atom. The summed E-state index contributed by atoms with van der Waals surface area (Å²) in [5.41, 5.74) is 2.44. The van der Waals surface area contributed by atoms with Gasteiger partial charge in [0.25, 0.3) is 5.91 Å². The second kappa shape index (κ2) is 8.22. The van der Waals surface area contributed by atoms with Crippen molar-refractivity contribution >= 4 is 28.5 Å². The number of amides is 1. The molecule has 1 N–H and O–H groups in total. The Morgan fingerprint density at radius 2 is 1.88 bits per heavy atom. The largest absolute Gasteiger partial charge is 0.493 e. The summed E-state index contributed by atoms with van der Waals surface area (Å²) in [5, 5.41) is 7.23. The zero-order valence-corrected chi connectivity index (χ0v) is 16.6. The minimum Gasteiger partial charge on any atom is -0.493 e. The summed E-state index contributed by atoms with van der Waals surface area (Å²) in [7, 11) is 3.12. The van der Waals surface area contributed by atoms with E-state index in [0.717, 1.165) is 14.8 Å². The number of aromatic nitrogens is 2. The zero-order chi connectivity index (χ0) is 18.5. The van der Waals surface area contributed by atoms with Gasteiger partial charge in [-0.3, -0.25) is 4.79 Å². The van der Waals surface area contributed by atoms with Crippen molar-refractivity contribution in [3.05, 3.63) is 69.6 Å². The summed E-state index contributed by atoms with van der Waals surface area (Å²) in [5.74, 6) is 0.943. The van der Waals surface area contributed by atoms with Gasteiger partial charge in [-0.25, -0.2) is 4.68 Å². The van der Waals surface area contributed by atoms with Crippen LogP contribution in [-0.2, 0) is 6.54 Å². The fourth-order valence-electron chi connectivity index (χ4n) is 2.59. The van der Waals surface area contributed by atoms with Crippen LogP contribution in [-0.4, -0.2) is 29.9 Å². The van der Waals surface area contributed by atoms with Gasteiger partial charge >= 0.3 is 0 Å². The van der Waals surface area contributed by atoms with E-state index in [9.17, 15) is 4.79 Å². The minimum atomic E-state index is -0.175. The zero-order valence-electron chi connectivity index (χ0n) is 14.4. The highest BCUT2D eigenvalue weighted by atomic mass is 127. The van der Waals surface area contributed by atoms with E-state index in [-0.39, 0.29) is 5.91 Å². The number of rotatable bonds is 6. The first-order valence-electron chi connectivity index (χ1n) is 7.91. The summed E-state index contributed by atoms with van der Waals surface area (Å²) in [4.78, 5) is 12.7. The first-order chi connectivity index (χ1) is 12.6. The van der Waals surface area contributed by atoms with E-state index in [1.165, 1.54) is 0 Å².